The number of anilines is 1. The molecule has 0 amide bonds. The second-order valence-corrected chi connectivity index (χ2v) is 7.67. The fraction of sp³-hybridized carbons (Fsp3) is 0.200. The Morgan fingerprint density at radius 3 is 2.20 bits per heavy atom. The lowest BCUT2D eigenvalue weighted by atomic mass is 10.1. The molecule has 0 heterocycles. The highest BCUT2D eigenvalue weighted by Gasteiger charge is 2.13. The molecule has 0 aliphatic carbocycles. The molecule has 0 aliphatic rings. The zero-order valence-corrected chi connectivity index (χ0v) is 16.5. The van der Waals surface area contributed by atoms with Crippen LogP contribution >= 0.6 is 59.4 Å². The molecule has 0 saturated heterocycles. The summed E-state index contributed by atoms with van der Waals surface area (Å²) in [6.45, 7) is 4.15. The van der Waals surface area contributed by atoms with E-state index in [0.29, 0.717) is 0 Å². The summed E-state index contributed by atoms with van der Waals surface area (Å²) < 4.78 is 3.05. The Labute approximate surface area is 149 Å². The van der Waals surface area contributed by atoms with Crippen molar-refractivity contribution in [2.45, 2.75) is 19.9 Å². The van der Waals surface area contributed by atoms with Crippen molar-refractivity contribution in [3.05, 3.63) is 59.9 Å². The lowest BCUT2D eigenvalue weighted by molar-refractivity contribution is 0.882. The molecular formula is C15H13Br3ClN. The van der Waals surface area contributed by atoms with Crippen molar-refractivity contribution in [2.75, 3.05) is 5.32 Å². The SMILES string of the molecule is Cc1cc(Br)c(NC(C)c2ccc(Br)cc2Cl)c(Br)c1. The average Bonchev–Trinajstić information content (AvgIpc) is 2.33. The molecule has 0 fully saturated rings. The number of hydrogen-bond donors (Lipinski definition) is 1. The van der Waals surface area contributed by atoms with Crippen molar-refractivity contribution >= 4 is 65.1 Å². The molecule has 0 radical (unpaired) electrons. The Morgan fingerprint density at radius 1 is 1.05 bits per heavy atom. The lowest BCUT2D eigenvalue weighted by Gasteiger charge is -2.20. The van der Waals surface area contributed by atoms with Crippen molar-refractivity contribution in [1.82, 2.24) is 0 Å². The third kappa shape index (κ3) is 3.79. The van der Waals surface area contributed by atoms with E-state index in [-0.39, 0.29) is 6.04 Å². The van der Waals surface area contributed by atoms with Gasteiger partial charge < -0.3 is 5.32 Å². The van der Waals surface area contributed by atoms with Crippen LogP contribution in [-0.4, -0.2) is 0 Å². The molecule has 0 aliphatic heterocycles. The normalized spacial score (nSPS) is 12.3. The molecule has 0 spiro atoms. The molecule has 1 nitrogen and oxygen atoms in total. The number of nitrogens with one attached hydrogen (secondary N) is 1. The Hall–Kier alpha value is -0.0300. The van der Waals surface area contributed by atoms with Gasteiger partial charge in [-0.2, -0.15) is 0 Å². The van der Waals surface area contributed by atoms with E-state index in [2.05, 4.69) is 79.1 Å². The van der Waals surface area contributed by atoms with Gasteiger partial charge in [-0.3, -0.25) is 0 Å². The van der Waals surface area contributed by atoms with E-state index in [1.54, 1.807) is 0 Å². The summed E-state index contributed by atoms with van der Waals surface area (Å²) in [4.78, 5) is 0. The van der Waals surface area contributed by atoms with Gasteiger partial charge in [-0.15, -0.1) is 0 Å². The van der Waals surface area contributed by atoms with Gasteiger partial charge in [-0.05, 0) is 81.1 Å². The third-order valence-corrected chi connectivity index (χ3v) is 5.05. The molecule has 20 heavy (non-hydrogen) atoms. The van der Waals surface area contributed by atoms with E-state index in [4.69, 9.17) is 11.6 Å². The van der Waals surface area contributed by atoms with Crippen LogP contribution in [0.15, 0.2) is 43.7 Å². The highest BCUT2D eigenvalue weighted by molar-refractivity contribution is 9.11. The largest absolute Gasteiger partial charge is 0.377 e. The Kier molecular flexibility index (Phi) is 5.57. The van der Waals surface area contributed by atoms with Gasteiger partial charge >= 0.3 is 0 Å². The minimum absolute atomic E-state index is 0.103. The van der Waals surface area contributed by atoms with Gasteiger partial charge in [0.1, 0.15) is 0 Å². The van der Waals surface area contributed by atoms with Crippen LogP contribution in [-0.2, 0) is 0 Å². The molecule has 5 heteroatoms. The van der Waals surface area contributed by atoms with Gasteiger partial charge in [-0.25, -0.2) is 0 Å². The summed E-state index contributed by atoms with van der Waals surface area (Å²) in [5.41, 5.74) is 3.29. The van der Waals surface area contributed by atoms with Crippen molar-refractivity contribution in [1.29, 1.82) is 0 Å². The quantitative estimate of drug-likeness (QED) is 0.492. The van der Waals surface area contributed by atoms with Gasteiger partial charge in [0.05, 0.1) is 11.7 Å². The minimum atomic E-state index is 0.103. The van der Waals surface area contributed by atoms with E-state index in [1.807, 2.05) is 18.2 Å². The number of benzene rings is 2. The standard InChI is InChI=1S/C15H13Br3ClN/c1-8-5-12(17)15(13(18)6-8)20-9(2)11-4-3-10(16)7-14(11)19/h3-7,9,20H,1-2H3. The van der Waals surface area contributed by atoms with Crippen molar-refractivity contribution in [2.24, 2.45) is 0 Å². The predicted molar refractivity (Wildman–Crippen MR) is 97.8 cm³/mol. The molecule has 1 unspecified atom stereocenters. The Balaban J connectivity index is 2.30. The first-order chi connectivity index (χ1) is 9.38. The van der Waals surface area contributed by atoms with Crippen LogP contribution in [0.3, 0.4) is 0 Å². The highest BCUT2D eigenvalue weighted by Crippen LogP contribution is 2.36. The average molecular weight is 482 g/mol. The molecule has 1 N–H and O–H groups in total. The molecular weight excluding hydrogens is 469 g/mol. The summed E-state index contributed by atoms with van der Waals surface area (Å²) >= 11 is 16.9. The van der Waals surface area contributed by atoms with Crippen molar-refractivity contribution in [3.63, 3.8) is 0 Å². The van der Waals surface area contributed by atoms with Crippen LogP contribution in [0.25, 0.3) is 0 Å². The first-order valence-corrected chi connectivity index (χ1v) is 8.81. The topological polar surface area (TPSA) is 12.0 Å². The predicted octanol–water partition coefficient (Wildman–Crippen LogP) is 7.11. The van der Waals surface area contributed by atoms with Crippen LogP contribution in [0.5, 0.6) is 0 Å². The number of halogens is 4. The zero-order chi connectivity index (χ0) is 14.9. The molecule has 0 aromatic heterocycles. The highest BCUT2D eigenvalue weighted by atomic mass is 79.9. The third-order valence-electron chi connectivity index (χ3n) is 2.98. The van der Waals surface area contributed by atoms with E-state index in [0.717, 1.165) is 29.7 Å². The van der Waals surface area contributed by atoms with E-state index < -0.39 is 0 Å². The fourth-order valence-corrected chi connectivity index (χ4v) is 4.47. The molecule has 1 atom stereocenters. The maximum absolute atomic E-state index is 6.30. The lowest BCUT2D eigenvalue weighted by Crippen LogP contribution is -2.08. The first-order valence-electron chi connectivity index (χ1n) is 6.05. The van der Waals surface area contributed by atoms with Crippen LogP contribution in [0.4, 0.5) is 5.69 Å². The number of aryl methyl sites for hydroxylation is 1. The molecule has 0 bridgehead atoms. The molecule has 2 aromatic rings. The van der Waals surface area contributed by atoms with E-state index >= 15 is 0 Å². The molecule has 2 aromatic carbocycles. The Morgan fingerprint density at radius 2 is 1.65 bits per heavy atom. The fourth-order valence-electron chi connectivity index (χ4n) is 1.98. The Bertz CT molecular complexity index is 620. The van der Waals surface area contributed by atoms with Gasteiger partial charge in [0, 0.05) is 18.4 Å². The smallest absolute Gasteiger partial charge is 0.0633 e. The minimum Gasteiger partial charge on any atom is -0.377 e. The zero-order valence-electron chi connectivity index (χ0n) is 11.0. The van der Waals surface area contributed by atoms with Crippen LogP contribution < -0.4 is 5.32 Å². The van der Waals surface area contributed by atoms with Crippen LogP contribution in [0.2, 0.25) is 5.02 Å². The second-order valence-electron chi connectivity index (χ2n) is 4.64. The number of hydrogen-bond acceptors (Lipinski definition) is 1. The summed E-state index contributed by atoms with van der Waals surface area (Å²) in [6, 6.07) is 10.2. The summed E-state index contributed by atoms with van der Waals surface area (Å²) in [7, 11) is 0. The summed E-state index contributed by atoms with van der Waals surface area (Å²) in [5.74, 6) is 0. The summed E-state index contributed by atoms with van der Waals surface area (Å²) in [6.07, 6.45) is 0. The van der Waals surface area contributed by atoms with E-state index in [1.165, 1.54) is 5.56 Å². The van der Waals surface area contributed by atoms with E-state index in [9.17, 15) is 0 Å². The van der Waals surface area contributed by atoms with Crippen molar-refractivity contribution < 1.29 is 0 Å². The van der Waals surface area contributed by atoms with Crippen LogP contribution in [0, 0.1) is 6.92 Å². The second kappa shape index (κ2) is 6.82. The van der Waals surface area contributed by atoms with Gasteiger partial charge in [0.25, 0.3) is 0 Å². The van der Waals surface area contributed by atoms with Crippen molar-refractivity contribution in [3.8, 4) is 0 Å². The van der Waals surface area contributed by atoms with Gasteiger partial charge in [-0.1, -0.05) is 33.6 Å². The van der Waals surface area contributed by atoms with Crippen LogP contribution in [0.1, 0.15) is 24.1 Å². The summed E-state index contributed by atoms with van der Waals surface area (Å²) in [5, 5.41) is 4.24. The molecule has 0 saturated carbocycles. The molecule has 106 valence electrons. The first kappa shape index (κ1) is 16.3. The van der Waals surface area contributed by atoms with Gasteiger partial charge in [0.2, 0.25) is 0 Å². The van der Waals surface area contributed by atoms with Gasteiger partial charge in [0.15, 0.2) is 0 Å². The monoisotopic (exact) mass is 479 g/mol. The number of rotatable bonds is 3. The maximum atomic E-state index is 6.30. The molecule has 2 rings (SSSR count). The maximum Gasteiger partial charge on any atom is 0.0633 e.